The maximum absolute atomic E-state index is 12.5. The number of phosphoric ester groups is 1. The average molecular weight is 675 g/mol. The summed E-state index contributed by atoms with van der Waals surface area (Å²) in [6.07, 6.45) is 32.6. The predicted octanol–water partition coefficient (Wildman–Crippen LogP) is 11.3. The van der Waals surface area contributed by atoms with E-state index in [9.17, 15) is 19.0 Å². The average Bonchev–Trinajstić information content (AvgIpc) is 3.03. The Labute approximate surface area is 282 Å². The van der Waals surface area contributed by atoms with Crippen molar-refractivity contribution in [2.45, 2.75) is 194 Å². The molecule has 0 aliphatic carbocycles. The number of esters is 2. The van der Waals surface area contributed by atoms with E-state index in [-0.39, 0.29) is 25.6 Å². The number of hydrogen-bond donors (Lipinski definition) is 1. The second-order valence-electron chi connectivity index (χ2n) is 12.6. The van der Waals surface area contributed by atoms with E-state index < -0.39 is 26.5 Å². The van der Waals surface area contributed by atoms with E-state index in [1.165, 1.54) is 96.3 Å². The van der Waals surface area contributed by atoms with E-state index in [0.29, 0.717) is 12.8 Å². The van der Waals surface area contributed by atoms with Crippen molar-refractivity contribution in [1.82, 2.24) is 0 Å². The van der Waals surface area contributed by atoms with Crippen molar-refractivity contribution in [1.29, 1.82) is 0 Å². The summed E-state index contributed by atoms with van der Waals surface area (Å²) in [6, 6.07) is 0. The van der Waals surface area contributed by atoms with Gasteiger partial charge in [0, 0.05) is 12.8 Å². The van der Waals surface area contributed by atoms with E-state index in [4.69, 9.17) is 18.5 Å². The molecule has 0 heterocycles. The maximum atomic E-state index is 12.5. The third-order valence-electron chi connectivity index (χ3n) is 8.07. The first kappa shape index (κ1) is 44.8. The molecule has 0 aliphatic rings. The summed E-state index contributed by atoms with van der Waals surface area (Å²) in [5, 5.41) is 0. The van der Waals surface area contributed by atoms with Gasteiger partial charge in [0.2, 0.25) is 0 Å². The number of carbonyl (C=O) groups is 2. The SMILES string of the molecule is CCCCCCCCC/C=C\CCCCCCCC(=O)OC(COC(=O)CCCCCCCCCCCC)COP(=O)(O)OCC. The quantitative estimate of drug-likeness (QED) is 0.0306. The lowest BCUT2D eigenvalue weighted by Gasteiger charge is -2.19. The Morgan fingerprint density at radius 2 is 0.978 bits per heavy atom. The van der Waals surface area contributed by atoms with Crippen LogP contribution in [-0.2, 0) is 32.7 Å². The van der Waals surface area contributed by atoms with Crippen LogP contribution in [0.15, 0.2) is 12.2 Å². The van der Waals surface area contributed by atoms with Gasteiger partial charge in [-0.05, 0) is 45.4 Å². The van der Waals surface area contributed by atoms with E-state index >= 15 is 0 Å². The van der Waals surface area contributed by atoms with Crippen LogP contribution < -0.4 is 0 Å². The fourth-order valence-electron chi connectivity index (χ4n) is 5.27. The molecule has 2 atom stereocenters. The zero-order valence-electron chi connectivity index (χ0n) is 30.0. The highest BCUT2D eigenvalue weighted by Crippen LogP contribution is 2.43. The molecule has 9 heteroatoms. The highest BCUT2D eigenvalue weighted by atomic mass is 31.2. The molecule has 0 amide bonds. The van der Waals surface area contributed by atoms with Gasteiger partial charge in [0.15, 0.2) is 6.10 Å². The van der Waals surface area contributed by atoms with Crippen molar-refractivity contribution in [2.24, 2.45) is 0 Å². The Balaban J connectivity index is 4.14. The zero-order chi connectivity index (χ0) is 34.0. The van der Waals surface area contributed by atoms with Gasteiger partial charge in [0.25, 0.3) is 0 Å². The summed E-state index contributed by atoms with van der Waals surface area (Å²) in [5.74, 6) is -0.804. The second-order valence-corrected chi connectivity index (χ2v) is 14.1. The van der Waals surface area contributed by atoms with E-state index in [2.05, 4.69) is 26.0 Å². The van der Waals surface area contributed by atoms with Crippen LogP contribution in [0.2, 0.25) is 0 Å². The van der Waals surface area contributed by atoms with Gasteiger partial charge < -0.3 is 14.4 Å². The predicted molar refractivity (Wildman–Crippen MR) is 189 cm³/mol. The van der Waals surface area contributed by atoms with Crippen LogP contribution in [0.5, 0.6) is 0 Å². The minimum atomic E-state index is -4.27. The van der Waals surface area contributed by atoms with Gasteiger partial charge in [-0.2, -0.15) is 0 Å². The van der Waals surface area contributed by atoms with Gasteiger partial charge in [0.05, 0.1) is 13.2 Å². The van der Waals surface area contributed by atoms with Gasteiger partial charge in [-0.1, -0.05) is 142 Å². The fourth-order valence-corrected chi connectivity index (χ4v) is 6.03. The molecule has 0 saturated carbocycles. The van der Waals surface area contributed by atoms with Gasteiger partial charge >= 0.3 is 19.8 Å². The molecule has 0 bridgehead atoms. The molecule has 1 N–H and O–H groups in total. The van der Waals surface area contributed by atoms with E-state index in [1.54, 1.807) is 6.92 Å². The van der Waals surface area contributed by atoms with Gasteiger partial charge in [-0.15, -0.1) is 0 Å². The molecule has 0 saturated heterocycles. The highest BCUT2D eigenvalue weighted by Gasteiger charge is 2.25. The lowest BCUT2D eigenvalue weighted by atomic mass is 10.1. The lowest BCUT2D eigenvalue weighted by Crippen LogP contribution is -2.29. The minimum Gasteiger partial charge on any atom is -0.462 e. The number of allylic oxidation sites excluding steroid dienone is 2. The van der Waals surface area contributed by atoms with Crippen LogP contribution in [0.4, 0.5) is 0 Å². The Hall–Kier alpha value is -1.21. The number of ether oxygens (including phenoxy) is 2. The summed E-state index contributed by atoms with van der Waals surface area (Å²) < 4.78 is 32.5. The highest BCUT2D eigenvalue weighted by molar-refractivity contribution is 7.47. The molecule has 0 aromatic carbocycles. The molecule has 8 nitrogen and oxygen atoms in total. The third kappa shape index (κ3) is 32.7. The van der Waals surface area contributed by atoms with Crippen molar-refractivity contribution in [3.63, 3.8) is 0 Å². The molecule has 2 unspecified atom stereocenters. The van der Waals surface area contributed by atoms with Crippen LogP contribution in [0.25, 0.3) is 0 Å². The molecule has 0 aromatic heterocycles. The number of carbonyl (C=O) groups excluding carboxylic acids is 2. The van der Waals surface area contributed by atoms with Crippen LogP contribution in [-0.4, -0.2) is 42.8 Å². The standard InChI is InChI=1S/C37H71O8P/c1-4-7-9-11-13-15-17-18-19-20-21-22-24-26-28-30-32-37(39)45-35(34-44-46(40,41)43-6-3)33-42-36(38)31-29-27-25-23-16-14-12-10-8-5-2/h19-20,35H,4-18,21-34H2,1-3H3,(H,40,41)/b20-19-. The summed E-state index contributed by atoms with van der Waals surface area (Å²) in [7, 11) is -4.27. The molecular weight excluding hydrogens is 603 g/mol. The molecule has 0 rings (SSSR count). The van der Waals surface area contributed by atoms with Crippen LogP contribution in [0.3, 0.4) is 0 Å². The third-order valence-corrected chi connectivity index (χ3v) is 9.13. The molecule has 0 aliphatic heterocycles. The Bertz CT molecular complexity index is 772. The maximum Gasteiger partial charge on any atom is 0.472 e. The second kappa shape index (κ2) is 33.7. The molecular formula is C37H71O8P. The normalized spacial score (nSPS) is 13.6. The molecule has 0 radical (unpaired) electrons. The Morgan fingerprint density at radius 1 is 0.565 bits per heavy atom. The van der Waals surface area contributed by atoms with E-state index in [0.717, 1.165) is 51.4 Å². The number of rotatable bonds is 35. The van der Waals surface area contributed by atoms with Gasteiger partial charge in [-0.25, -0.2) is 4.57 Å². The van der Waals surface area contributed by atoms with Crippen LogP contribution in [0.1, 0.15) is 188 Å². The first-order valence-electron chi connectivity index (χ1n) is 19.0. The number of unbranched alkanes of at least 4 members (excludes halogenated alkanes) is 21. The Morgan fingerprint density at radius 3 is 1.43 bits per heavy atom. The van der Waals surface area contributed by atoms with Crippen molar-refractivity contribution in [3.05, 3.63) is 12.2 Å². The zero-order valence-corrected chi connectivity index (χ0v) is 30.9. The largest absolute Gasteiger partial charge is 0.472 e. The summed E-state index contributed by atoms with van der Waals surface area (Å²) >= 11 is 0. The van der Waals surface area contributed by atoms with Crippen LogP contribution >= 0.6 is 7.82 Å². The van der Waals surface area contributed by atoms with Gasteiger partial charge in [0.1, 0.15) is 6.61 Å². The fraction of sp³-hybridized carbons (Fsp3) is 0.892. The molecule has 0 aromatic rings. The smallest absolute Gasteiger partial charge is 0.462 e. The molecule has 46 heavy (non-hydrogen) atoms. The molecule has 272 valence electrons. The molecule has 0 fully saturated rings. The number of hydrogen-bond acceptors (Lipinski definition) is 7. The monoisotopic (exact) mass is 674 g/mol. The summed E-state index contributed by atoms with van der Waals surface area (Å²) in [6.45, 7) is 5.44. The summed E-state index contributed by atoms with van der Waals surface area (Å²) in [4.78, 5) is 34.5. The van der Waals surface area contributed by atoms with Gasteiger partial charge in [-0.3, -0.25) is 18.6 Å². The lowest BCUT2D eigenvalue weighted by molar-refractivity contribution is -0.161. The first-order chi connectivity index (χ1) is 22.3. The first-order valence-corrected chi connectivity index (χ1v) is 20.5. The van der Waals surface area contributed by atoms with Crippen molar-refractivity contribution in [2.75, 3.05) is 19.8 Å². The summed E-state index contributed by atoms with van der Waals surface area (Å²) in [5.41, 5.74) is 0. The Kier molecular flexibility index (Phi) is 32.8. The topological polar surface area (TPSA) is 108 Å². The van der Waals surface area contributed by atoms with Crippen molar-refractivity contribution >= 4 is 19.8 Å². The van der Waals surface area contributed by atoms with Crippen LogP contribution in [0, 0.1) is 0 Å². The van der Waals surface area contributed by atoms with Crippen molar-refractivity contribution < 1.29 is 37.6 Å². The minimum absolute atomic E-state index is 0.00160. The van der Waals surface area contributed by atoms with E-state index in [1.807, 2.05) is 0 Å². The number of phosphoric acid groups is 1. The molecule has 0 spiro atoms. The van der Waals surface area contributed by atoms with Crippen molar-refractivity contribution in [3.8, 4) is 0 Å².